The summed E-state index contributed by atoms with van der Waals surface area (Å²) in [5.74, 6) is 0. The summed E-state index contributed by atoms with van der Waals surface area (Å²) >= 11 is 0. The zero-order valence-electron chi connectivity index (χ0n) is 11.5. The highest BCUT2D eigenvalue weighted by atomic mass is 16.6. The average Bonchev–Trinajstić information content (AvgIpc) is 3.24. The summed E-state index contributed by atoms with van der Waals surface area (Å²) in [5.41, 5.74) is 0. The normalized spacial score (nSPS) is 38.8. The zero-order chi connectivity index (χ0) is 12.4. The van der Waals surface area contributed by atoms with Crippen LogP contribution in [0.15, 0.2) is 0 Å². The largest absolute Gasteiger partial charge is 0.369 e. The van der Waals surface area contributed by atoms with Crippen molar-refractivity contribution in [2.24, 2.45) is 0 Å². The van der Waals surface area contributed by atoms with Crippen LogP contribution in [0.3, 0.4) is 0 Å². The predicted octanol–water partition coefficient (Wildman–Crippen LogP) is 2.92. The molecule has 3 heteroatoms. The van der Waals surface area contributed by atoms with Gasteiger partial charge in [-0.25, -0.2) is 0 Å². The molecule has 0 saturated carbocycles. The van der Waals surface area contributed by atoms with Gasteiger partial charge in [-0.1, -0.05) is 27.7 Å². The maximum atomic E-state index is 6.21. The Morgan fingerprint density at radius 2 is 1.24 bits per heavy atom. The van der Waals surface area contributed by atoms with Crippen molar-refractivity contribution in [2.75, 3.05) is 0 Å². The van der Waals surface area contributed by atoms with Crippen LogP contribution in [-0.4, -0.2) is 36.6 Å². The Morgan fingerprint density at radius 3 is 1.47 bits per heavy atom. The van der Waals surface area contributed by atoms with Crippen molar-refractivity contribution < 1.29 is 14.2 Å². The van der Waals surface area contributed by atoms with E-state index >= 15 is 0 Å². The lowest BCUT2D eigenvalue weighted by Gasteiger charge is -2.21. The third-order valence-corrected chi connectivity index (χ3v) is 3.94. The lowest BCUT2D eigenvalue weighted by molar-refractivity contribution is -0.0408. The van der Waals surface area contributed by atoms with E-state index in [0.717, 1.165) is 25.7 Å². The van der Waals surface area contributed by atoms with E-state index in [1.165, 1.54) is 0 Å². The zero-order valence-corrected chi connectivity index (χ0v) is 11.5. The average molecular weight is 242 g/mol. The fourth-order valence-electron chi connectivity index (χ4n) is 2.66. The van der Waals surface area contributed by atoms with Gasteiger partial charge in [-0.15, -0.1) is 0 Å². The third-order valence-electron chi connectivity index (χ3n) is 3.94. The Balaban J connectivity index is 1.80. The van der Waals surface area contributed by atoms with Crippen LogP contribution >= 0.6 is 0 Å². The molecule has 0 aromatic heterocycles. The fraction of sp³-hybridized carbons (Fsp3) is 1.00. The minimum atomic E-state index is 0.256. The number of rotatable bonds is 8. The van der Waals surface area contributed by atoms with Crippen LogP contribution in [0, 0.1) is 0 Å². The molecular formula is C14H26O3. The van der Waals surface area contributed by atoms with E-state index in [1.54, 1.807) is 0 Å². The molecule has 0 aromatic rings. The molecule has 2 heterocycles. The molecule has 2 rings (SSSR count). The van der Waals surface area contributed by atoms with Gasteiger partial charge in [-0.05, 0) is 25.7 Å². The molecule has 17 heavy (non-hydrogen) atoms. The van der Waals surface area contributed by atoms with Gasteiger partial charge in [0.15, 0.2) is 0 Å². The Labute approximate surface area is 105 Å². The van der Waals surface area contributed by atoms with E-state index in [2.05, 4.69) is 27.7 Å². The van der Waals surface area contributed by atoms with Crippen LogP contribution in [0.4, 0.5) is 0 Å². The standard InChI is InChI=1S/C14H26O3/c1-5-9(13-11(7-3)16-13)15-10(6-2)14-12(8-4)17-14/h9-14H,5-8H2,1-4H3. The van der Waals surface area contributed by atoms with Crippen LogP contribution in [0.25, 0.3) is 0 Å². The lowest BCUT2D eigenvalue weighted by atomic mass is 10.1. The molecule has 0 N–H and O–H groups in total. The van der Waals surface area contributed by atoms with Gasteiger partial charge in [0, 0.05) is 0 Å². The Kier molecular flexibility index (Phi) is 4.45. The van der Waals surface area contributed by atoms with Gasteiger partial charge in [0.1, 0.15) is 12.2 Å². The monoisotopic (exact) mass is 242 g/mol. The number of hydrogen-bond donors (Lipinski definition) is 0. The quantitative estimate of drug-likeness (QED) is 0.614. The number of epoxide rings is 2. The molecule has 6 atom stereocenters. The maximum Gasteiger partial charge on any atom is 0.110 e. The minimum Gasteiger partial charge on any atom is -0.369 e. The van der Waals surface area contributed by atoms with E-state index in [4.69, 9.17) is 14.2 Å². The van der Waals surface area contributed by atoms with Crippen LogP contribution in [0.1, 0.15) is 53.4 Å². The SMILES string of the molecule is CCC(OC(CC)C1OC1CC)C1OC1CC. The van der Waals surface area contributed by atoms with Crippen molar-refractivity contribution >= 4 is 0 Å². The Hall–Kier alpha value is -0.120. The molecule has 100 valence electrons. The van der Waals surface area contributed by atoms with Crippen LogP contribution in [-0.2, 0) is 14.2 Å². The smallest absolute Gasteiger partial charge is 0.110 e. The van der Waals surface area contributed by atoms with Gasteiger partial charge < -0.3 is 14.2 Å². The highest BCUT2D eigenvalue weighted by Crippen LogP contribution is 2.36. The summed E-state index contributed by atoms with van der Waals surface area (Å²) in [6.07, 6.45) is 6.29. The van der Waals surface area contributed by atoms with Crippen molar-refractivity contribution in [1.82, 2.24) is 0 Å². The molecule has 0 spiro atoms. The first-order valence-corrected chi connectivity index (χ1v) is 7.21. The van der Waals surface area contributed by atoms with Crippen molar-refractivity contribution in [3.05, 3.63) is 0 Å². The van der Waals surface area contributed by atoms with Gasteiger partial charge in [0.25, 0.3) is 0 Å². The molecule has 2 aliphatic rings. The molecule has 2 fully saturated rings. The molecule has 0 radical (unpaired) electrons. The highest BCUT2D eigenvalue weighted by Gasteiger charge is 2.48. The molecular weight excluding hydrogens is 216 g/mol. The van der Waals surface area contributed by atoms with Crippen molar-refractivity contribution in [2.45, 2.75) is 90.0 Å². The lowest BCUT2D eigenvalue weighted by Crippen LogP contribution is -2.31. The number of hydrogen-bond acceptors (Lipinski definition) is 3. The van der Waals surface area contributed by atoms with Gasteiger partial charge >= 0.3 is 0 Å². The second-order valence-electron chi connectivity index (χ2n) is 5.12. The van der Waals surface area contributed by atoms with Gasteiger partial charge in [0.05, 0.1) is 24.4 Å². The highest BCUT2D eigenvalue weighted by molar-refractivity contribution is 4.94. The van der Waals surface area contributed by atoms with Crippen molar-refractivity contribution in [3.8, 4) is 0 Å². The first-order chi connectivity index (χ1) is 8.24. The molecule has 6 unspecified atom stereocenters. The maximum absolute atomic E-state index is 6.21. The summed E-state index contributed by atoms with van der Waals surface area (Å²) in [6.45, 7) is 8.70. The van der Waals surface area contributed by atoms with Crippen molar-refractivity contribution in [3.63, 3.8) is 0 Å². The van der Waals surface area contributed by atoms with E-state index in [1.807, 2.05) is 0 Å². The van der Waals surface area contributed by atoms with Crippen LogP contribution < -0.4 is 0 Å². The number of ether oxygens (including phenoxy) is 3. The summed E-state index contributed by atoms with van der Waals surface area (Å²) in [6, 6.07) is 0. The fourth-order valence-corrected chi connectivity index (χ4v) is 2.66. The van der Waals surface area contributed by atoms with Crippen LogP contribution in [0.5, 0.6) is 0 Å². The van der Waals surface area contributed by atoms with E-state index in [0.29, 0.717) is 24.4 Å². The second kappa shape index (κ2) is 5.68. The van der Waals surface area contributed by atoms with E-state index in [9.17, 15) is 0 Å². The van der Waals surface area contributed by atoms with E-state index in [-0.39, 0.29) is 12.2 Å². The molecule has 2 saturated heterocycles. The topological polar surface area (TPSA) is 34.3 Å². The summed E-state index contributed by atoms with van der Waals surface area (Å²) in [4.78, 5) is 0. The Bertz CT molecular complexity index is 220. The Morgan fingerprint density at radius 1 is 0.824 bits per heavy atom. The molecule has 3 nitrogen and oxygen atoms in total. The summed E-state index contributed by atoms with van der Waals surface area (Å²) in [5, 5.41) is 0. The molecule has 2 aliphatic heterocycles. The van der Waals surface area contributed by atoms with Gasteiger partial charge in [-0.3, -0.25) is 0 Å². The summed E-state index contributed by atoms with van der Waals surface area (Å²) in [7, 11) is 0. The molecule has 0 bridgehead atoms. The van der Waals surface area contributed by atoms with Crippen molar-refractivity contribution in [1.29, 1.82) is 0 Å². The summed E-state index contributed by atoms with van der Waals surface area (Å²) < 4.78 is 17.5. The predicted molar refractivity (Wildman–Crippen MR) is 67.1 cm³/mol. The van der Waals surface area contributed by atoms with Gasteiger partial charge in [-0.2, -0.15) is 0 Å². The molecule has 0 amide bonds. The van der Waals surface area contributed by atoms with E-state index < -0.39 is 0 Å². The first-order valence-electron chi connectivity index (χ1n) is 7.21. The van der Waals surface area contributed by atoms with Crippen LogP contribution in [0.2, 0.25) is 0 Å². The second-order valence-corrected chi connectivity index (χ2v) is 5.12. The third kappa shape index (κ3) is 3.01. The minimum absolute atomic E-state index is 0.256. The first kappa shape index (κ1) is 13.3. The molecule has 0 aromatic carbocycles. The van der Waals surface area contributed by atoms with Gasteiger partial charge in [0.2, 0.25) is 0 Å². The molecule has 0 aliphatic carbocycles.